The summed E-state index contributed by atoms with van der Waals surface area (Å²) in [5, 5.41) is 0. The Morgan fingerprint density at radius 2 is 1.84 bits per heavy atom. The molecule has 2 aromatic carbocycles. The van der Waals surface area contributed by atoms with E-state index in [9.17, 15) is 8.78 Å². The second kappa shape index (κ2) is 5.77. The van der Waals surface area contributed by atoms with Crippen LogP contribution in [0.3, 0.4) is 0 Å². The van der Waals surface area contributed by atoms with Gasteiger partial charge in [-0.2, -0.15) is 0 Å². The van der Waals surface area contributed by atoms with Crippen LogP contribution in [0.1, 0.15) is 17.2 Å². The standard InChI is InChI=1S/C14H14F2N2O/c1-19-13-6-5-10(8-12(13)16)14(18-17)9-3-2-4-11(15)7-9/h2-8,14,18H,17H2,1H3. The molecule has 19 heavy (non-hydrogen) atoms. The minimum absolute atomic E-state index is 0.152. The van der Waals surface area contributed by atoms with Crippen molar-refractivity contribution in [1.82, 2.24) is 5.43 Å². The van der Waals surface area contributed by atoms with E-state index in [1.165, 1.54) is 31.4 Å². The maximum absolute atomic E-state index is 13.7. The van der Waals surface area contributed by atoms with Crippen LogP contribution in [0.4, 0.5) is 8.78 Å². The van der Waals surface area contributed by atoms with E-state index in [1.54, 1.807) is 18.2 Å². The van der Waals surface area contributed by atoms with Crippen molar-refractivity contribution in [2.24, 2.45) is 5.84 Å². The monoisotopic (exact) mass is 264 g/mol. The largest absolute Gasteiger partial charge is 0.494 e. The van der Waals surface area contributed by atoms with Gasteiger partial charge in [0.15, 0.2) is 11.6 Å². The van der Waals surface area contributed by atoms with Gasteiger partial charge in [0, 0.05) is 0 Å². The van der Waals surface area contributed by atoms with Crippen LogP contribution < -0.4 is 16.0 Å². The molecule has 3 N–H and O–H groups in total. The number of methoxy groups -OCH3 is 1. The van der Waals surface area contributed by atoms with E-state index in [0.717, 1.165) is 0 Å². The first-order chi connectivity index (χ1) is 9.15. The quantitative estimate of drug-likeness (QED) is 0.659. The van der Waals surface area contributed by atoms with Gasteiger partial charge < -0.3 is 4.74 Å². The van der Waals surface area contributed by atoms with E-state index in [2.05, 4.69) is 5.43 Å². The number of hydrogen-bond donors (Lipinski definition) is 2. The van der Waals surface area contributed by atoms with Crippen molar-refractivity contribution >= 4 is 0 Å². The lowest BCUT2D eigenvalue weighted by Gasteiger charge is -2.17. The third-order valence-corrected chi connectivity index (χ3v) is 2.86. The first-order valence-electron chi connectivity index (χ1n) is 5.70. The summed E-state index contributed by atoms with van der Waals surface area (Å²) < 4.78 is 31.7. The second-order valence-corrected chi connectivity index (χ2v) is 4.05. The lowest BCUT2D eigenvalue weighted by molar-refractivity contribution is 0.385. The van der Waals surface area contributed by atoms with Crippen molar-refractivity contribution in [3.63, 3.8) is 0 Å². The molecular weight excluding hydrogens is 250 g/mol. The summed E-state index contributed by atoms with van der Waals surface area (Å²) in [6.07, 6.45) is 0. The molecule has 1 unspecified atom stereocenters. The van der Waals surface area contributed by atoms with Crippen LogP contribution in [0.5, 0.6) is 5.75 Å². The molecule has 0 heterocycles. The van der Waals surface area contributed by atoms with Gasteiger partial charge in [-0.05, 0) is 35.4 Å². The summed E-state index contributed by atoms with van der Waals surface area (Å²) in [6.45, 7) is 0. The number of rotatable bonds is 4. The smallest absolute Gasteiger partial charge is 0.165 e. The van der Waals surface area contributed by atoms with E-state index in [-0.39, 0.29) is 11.6 Å². The Hall–Kier alpha value is -1.98. The molecule has 0 aliphatic heterocycles. The molecule has 0 spiro atoms. The van der Waals surface area contributed by atoms with Gasteiger partial charge in [-0.3, -0.25) is 5.84 Å². The first kappa shape index (κ1) is 13.5. The first-order valence-corrected chi connectivity index (χ1v) is 5.70. The Balaban J connectivity index is 2.39. The van der Waals surface area contributed by atoms with Gasteiger partial charge in [-0.1, -0.05) is 18.2 Å². The molecule has 0 aliphatic rings. The fraction of sp³-hybridized carbons (Fsp3) is 0.143. The molecule has 0 aromatic heterocycles. The fourth-order valence-corrected chi connectivity index (χ4v) is 1.93. The number of halogens is 2. The molecule has 0 saturated heterocycles. The van der Waals surface area contributed by atoms with Gasteiger partial charge in [0.2, 0.25) is 0 Å². The van der Waals surface area contributed by atoms with Gasteiger partial charge in [0.25, 0.3) is 0 Å². The van der Waals surface area contributed by atoms with Crippen molar-refractivity contribution in [2.75, 3.05) is 7.11 Å². The third-order valence-electron chi connectivity index (χ3n) is 2.86. The summed E-state index contributed by atoms with van der Waals surface area (Å²) >= 11 is 0. The number of nitrogens with two attached hydrogens (primary N) is 1. The molecule has 1 atom stereocenters. The van der Waals surface area contributed by atoms with E-state index < -0.39 is 11.9 Å². The molecule has 0 fully saturated rings. The topological polar surface area (TPSA) is 47.3 Å². The highest BCUT2D eigenvalue weighted by atomic mass is 19.1. The van der Waals surface area contributed by atoms with Crippen LogP contribution in [0, 0.1) is 11.6 Å². The third kappa shape index (κ3) is 2.89. The molecule has 0 radical (unpaired) electrons. The number of ether oxygens (including phenoxy) is 1. The number of benzene rings is 2. The molecule has 3 nitrogen and oxygen atoms in total. The molecule has 0 aliphatic carbocycles. The van der Waals surface area contributed by atoms with Crippen LogP contribution in [0.15, 0.2) is 42.5 Å². The van der Waals surface area contributed by atoms with Crippen molar-refractivity contribution in [1.29, 1.82) is 0 Å². The van der Waals surface area contributed by atoms with Gasteiger partial charge in [-0.15, -0.1) is 0 Å². The molecule has 0 saturated carbocycles. The maximum atomic E-state index is 13.7. The summed E-state index contributed by atoms with van der Waals surface area (Å²) in [6, 6.07) is 10.00. The number of hydrogen-bond acceptors (Lipinski definition) is 3. The fourth-order valence-electron chi connectivity index (χ4n) is 1.93. The lowest BCUT2D eigenvalue weighted by atomic mass is 9.99. The molecule has 2 rings (SSSR count). The van der Waals surface area contributed by atoms with E-state index in [4.69, 9.17) is 10.6 Å². The van der Waals surface area contributed by atoms with Crippen LogP contribution in [-0.2, 0) is 0 Å². The molecule has 100 valence electrons. The molecule has 0 amide bonds. The lowest BCUT2D eigenvalue weighted by Crippen LogP contribution is -2.29. The predicted molar refractivity (Wildman–Crippen MR) is 68.5 cm³/mol. The van der Waals surface area contributed by atoms with Crippen LogP contribution in [-0.4, -0.2) is 7.11 Å². The van der Waals surface area contributed by atoms with Crippen molar-refractivity contribution in [3.8, 4) is 5.75 Å². The molecule has 2 aromatic rings. The average molecular weight is 264 g/mol. The van der Waals surface area contributed by atoms with Gasteiger partial charge in [-0.25, -0.2) is 14.2 Å². The minimum atomic E-state index is -0.490. The van der Waals surface area contributed by atoms with Crippen molar-refractivity contribution < 1.29 is 13.5 Å². The normalized spacial score (nSPS) is 12.2. The van der Waals surface area contributed by atoms with Crippen LogP contribution in [0.25, 0.3) is 0 Å². The minimum Gasteiger partial charge on any atom is -0.494 e. The maximum Gasteiger partial charge on any atom is 0.165 e. The molecular formula is C14H14F2N2O. The van der Waals surface area contributed by atoms with Gasteiger partial charge >= 0.3 is 0 Å². The highest BCUT2D eigenvalue weighted by Crippen LogP contribution is 2.26. The Morgan fingerprint density at radius 1 is 1.11 bits per heavy atom. The molecule has 0 bridgehead atoms. The van der Waals surface area contributed by atoms with E-state index >= 15 is 0 Å². The highest BCUT2D eigenvalue weighted by Gasteiger charge is 2.15. The SMILES string of the molecule is COc1ccc(C(NN)c2cccc(F)c2)cc1F. The Morgan fingerprint density at radius 3 is 2.42 bits per heavy atom. The summed E-state index contributed by atoms with van der Waals surface area (Å²) in [4.78, 5) is 0. The van der Waals surface area contributed by atoms with E-state index in [1.807, 2.05) is 0 Å². The summed E-state index contributed by atoms with van der Waals surface area (Å²) in [5.41, 5.74) is 3.76. The number of hydrazine groups is 1. The van der Waals surface area contributed by atoms with Gasteiger partial charge in [0.1, 0.15) is 5.82 Å². The van der Waals surface area contributed by atoms with Crippen LogP contribution in [0.2, 0.25) is 0 Å². The second-order valence-electron chi connectivity index (χ2n) is 4.05. The zero-order chi connectivity index (χ0) is 13.8. The van der Waals surface area contributed by atoms with Gasteiger partial charge in [0.05, 0.1) is 13.2 Å². The zero-order valence-electron chi connectivity index (χ0n) is 10.4. The van der Waals surface area contributed by atoms with Crippen LogP contribution >= 0.6 is 0 Å². The predicted octanol–water partition coefficient (Wildman–Crippen LogP) is 2.53. The Labute approximate surface area is 110 Å². The van der Waals surface area contributed by atoms with Crippen molar-refractivity contribution in [3.05, 3.63) is 65.2 Å². The Kier molecular flexibility index (Phi) is 4.09. The summed E-state index contributed by atoms with van der Waals surface area (Å²) in [5.74, 6) is 4.78. The Bertz CT molecular complexity index is 575. The average Bonchev–Trinajstić information content (AvgIpc) is 2.40. The van der Waals surface area contributed by atoms with Crippen molar-refractivity contribution in [2.45, 2.75) is 6.04 Å². The number of nitrogens with one attached hydrogen (secondary N) is 1. The summed E-state index contributed by atoms with van der Waals surface area (Å²) in [7, 11) is 1.39. The molecule has 5 heteroatoms. The highest BCUT2D eigenvalue weighted by molar-refractivity contribution is 5.36. The van der Waals surface area contributed by atoms with E-state index in [0.29, 0.717) is 11.1 Å². The zero-order valence-corrected chi connectivity index (χ0v) is 10.4.